The van der Waals surface area contributed by atoms with Crippen molar-refractivity contribution in [2.45, 2.75) is 70.3 Å². The number of carbonyl (C=O) groups is 1. The monoisotopic (exact) mass is 417 g/mol. The van der Waals surface area contributed by atoms with E-state index in [1.807, 2.05) is 12.3 Å². The lowest BCUT2D eigenvalue weighted by Crippen LogP contribution is -2.59. The molecule has 0 aliphatic heterocycles. The van der Waals surface area contributed by atoms with Gasteiger partial charge >= 0.3 is 0 Å². The quantitative estimate of drug-likeness (QED) is 0.514. The number of aromatic nitrogens is 1. The summed E-state index contributed by atoms with van der Waals surface area (Å²) in [5.74, 6) is 2.55. The molecule has 1 aromatic heterocycles. The number of anilines is 1. The number of pyridine rings is 1. The van der Waals surface area contributed by atoms with Gasteiger partial charge in [0.25, 0.3) is 5.91 Å². The van der Waals surface area contributed by atoms with Gasteiger partial charge in [-0.2, -0.15) is 0 Å². The van der Waals surface area contributed by atoms with E-state index in [1.54, 1.807) is 6.20 Å². The maximum Gasteiger partial charge on any atom is 0.253 e. The van der Waals surface area contributed by atoms with Crippen LogP contribution in [0.2, 0.25) is 0 Å². The van der Waals surface area contributed by atoms with Crippen LogP contribution in [0.5, 0.6) is 0 Å². The molecule has 2 aromatic rings. The second kappa shape index (κ2) is 8.64. The van der Waals surface area contributed by atoms with Crippen LogP contribution in [-0.2, 0) is 0 Å². The highest BCUT2D eigenvalue weighted by atomic mass is 16.1. The van der Waals surface area contributed by atoms with Crippen molar-refractivity contribution < 1.29 is 4.79 Å². The molecular weight excluding hydrogens is 382 g/mol. The van der Waals surface area contributed by atoms with Gasteiger partial charge in [0.1, 0.15) is 0 Å². The molecule has 1 aromatic carbocycles. The minimum absolute atomic E-state index is 0.0234. The summed E-state index contributed by atoms with van der Waals surface area (Å²) in [5, 5.41) is 7.11. The zero-order valence-electron chi connectivity index (χ0n) is 18.7. The summed E-state index contributed by atoms with van der Waals surface area (Å²) in [6.45, 7) is 3.12. The molecule has 4 aliphatic carbocycles. The first-order chi connectivity index (χ1) is 15.1. The largest absolute Gasteiger partial charge is 0.384 e. The first kappa shape index (κ1) is 20.5. The van der Waals surface area contributed by atoms with Crippen molar-refractivity contribution >= 4 is 11.6 Å². The Kier molecular flexibility index (Phi) is 5.73. The molecule has 0 spiro atoms. The molecule has 1 heterocycles. The fourth-order valence-corrected chi connectivity index (χ4v) is 6.77. The Morgan fingerprint density at radius 3 is 2.42 bits per heavy atom. The summed E-state index contributed by atoms with van der Waals surface area (Å²) < 4.78 is 0. The van der Waals surface area contributed by atoms with Crippen molar-refractivity contribution in [1.29, 1.82) is 0 Å². The molecule has 4 fully saturated rings. The van der Waals surface area contributed by atoms with E-state index >= 15 is 0 Å². The van der Waals surface area contributed by atoms with Gasteiger partial charge in [0.15, 0.2) is 0 Å². The summed E-state index contributed by atoms with van der Waals surface area (Å²) >= 11 is 0. The Morgan fingerprint density at radius 2 is 1.77 bits per heavy atom. The number of hydrogen-bond donors (Lipinski definition) is 2. The van der Waals surface area contributed by atoms with Gasteiger partial charge < -0.3 is 10.6 Å². The van der Waals surface area contributed by atoms with Crippen molar-refractivity contribution in [2.24, 2.45) is 17.8 Å². The summed E-state index contributed by atoms with van der Waals surface area (Å²) in [5.41, 5.74) is 3.83. The molecule has 4 heteroatoms. The minimum atomic E-state index is 0.0234. The van der Waals surface area contributed by atoms with Crippen LogP contribution in [0.15, 0.2) is 42.7 Å². The smallest absolute Gasteiger partial charge is 0.253 e. The van der Waals surface area contributed by atoms with E-state index in [-0.39, 0.29) is 11.4 Å². The topological polar surface area (TPSA) is 54.0 Å². The fourth-order valence-electron chi connectivity index (χ4n) is 6.77. The highest BCUT2D eigenvalue weighted by molar-refractivity contribution is 6.01. The Morgan fingerprint density at radius 1 is 1.03 bits per heavy atom. The number of nitrogens with one attached hydrogen (secondary N) is 2. The van der Waals surface area contributed by atoms with Crippen molar-refractivity contribution in [2.75, 3.05) is 11.9 Å². The summed E-state index contributed by atoms with van der Waals surface area (Å²) in [6, 6.07) is 10.2. The summed E-state index contributed by atoms with van der Waals surface area (Å²) in [4.78, 5) is 17.9. The predicted octanol–water partition coefficient (Wildman–Crippen LogP) is 6.05. The second-order valence-corrected chi connectivity index (χ2v) is 10.3. The van der Waals surface area contributed by atoms with Crippen LogP contribution in [0.3, 0.4) is 0 Å². The minimum Gasteiger partial charge on any atom is -0.384 e. The molecule has 0 saturated heterocycles. The SMILES string of the molecule is CCCCCNc1ccc(-c2cccnc2)cc1C(=O)NC12CC3CC(CC(C3)C1)C2. The zero-order chi connectivity index (χ0) is 21.3. The third-order valence-corrected chi connectivity index (χ3v) is 7.77. The molecule has 0 unspecified atom stereocenters. The molecule has 0 atom stereocenters. The lowest BCUT2D eigenvalue weighted by molar-refractivity contribution is -0.0166. The van der Waals surface area contributed by atoms with Crippen LogP contribution < -0.4 is 10.6 Å². The van der Waals surface area contributed by atoms with Crippen LogP contribution in [0.1, 0.15) is 75.1 Å². The number of unbranched alkanes of at least 4 members (excludes halogenated alkanes) is 2. The fraction of sp³-hybridized carbons (Fsp3) is 0.556. The molecule has 0 radical (unpaired) electrons. The highest BCUT2D eigenvalue weighted by Crippen LogP contribution is 2.55. The highest BCUT2D eigenvalue weighted by Gasteiger charge is 2.51. The van der Waals surface area contributed by atoms with E-state index < -0.39 is 0 Å². The van der Waals surface area contributed by atoms with Crippen molar-refractivity contribution in [3.63, 3.8) is 0 Å². The molecular formula is C27H35N3O. The molecule has 4 bridgehead atoms. The van der Waals surface area contributed by atoms with Gasteiger partial charge in [-0.15, -0.1) is 0 Å². The van der Waals surface area contributed by atoms with Gasteiger partial charge in [-0.1, -0.05) is 31.9 Å². The van der Waals surface area contributed by atoms with Gasteiger partial charge in [0.05, 0.1) is 5.56 Å². The molecule has 164 valence electrons. The number of hydrogen-bond acceptors (Lipinski definition) is 3. The van der Waals surface area contributed by atoms with Crippen molar-refractivity contribution in [1.82, 2.24) is 10.3 Å². The molecule has 4 saturated carbocycles. The Balaban J connectivity index is 1.40. The normalized spacial score (nSPS) is 28.5. The van der Waals surface area contributed by atoms with E-state index in [1.165, 1.54) is 51.4 Å². The van der Waals surface area contributed by atoms with Crippen LogP contribution in [0.25, 0.3) is 11.1 Å². The van der Waals surface area contributed by atoms with Crippen LogP contribution in [0.4, 0.5) is 5.69 Å². The van der Waals surface area contributed by atoms with Gasteiger partial charge in [-0.05, 0) is 86.5 Å². The van der Waals surface area contributed by atoms with Crippen LogP contribution in [-0.4, -0.2) is 23.0 Å². The lowest BCUT2D eigenvalue weighted by atomic mass is 9.53. The average Bonchev–Trinajstić information content (AvgIpc) is 2.76. The van der Waals surface area contributed by atoms with E-state index in [0.717, 1.165) is 53.1 Å². The molecule has 2 N–H and O–H groups in total. The van der Waals surface area contributed by atoms with E-state index in [0.29, 0.717) is 0 Å². The van der Waals surface area contributed by atoms with E-state index in [2.05, 4.69) is 46.8 Å². The van der Waals surface area contributed by atoms with Gasteiger partial charge in [-0.25, -0.2) is 0 Å². The summed E-state index contributed by atoms with van der Waals surface area (Å²) in [7, 11) is 0. The number of amides is 1. The van der Waals surface area contributed by atoms with E-state index in [4.69, 9.17) is 0 Å². The van der Waals surface area contributed by atoms with Crippen LogP contribution in [0, 0.1) is 17.8 Å². The molecule has 4 aliphatic rings. The molecule has 6 rings (SSSR count). The zero-order valence-corrected chi connectivity index (χ0v) is 18.7. The number of nitrogens with zero attached hydrogens (tertiary/aromatic N) is 1. The van der Waals surface area contributed by atoms with Crippen molar-refractivity contribution in [3.8, 4) is 11.1 Å². The lowest BCUT2D eigenvalue weighted by Gasteiger charge is -2.56. The van der Waals surface area contributed by atoms with Crippen molar-refractivity contribution in [3.05, 3.63) is 48.3 Å². The standard InChI is InChI=1S/C27H35N3O/c1-2-3-4-10-29-25-8-7-22(23-6-5-9-28-18-23)14-24(25)26(31)30-27-15-19-11-20(16-27)13-21(12-19)17-27/h5-9,14,18-21,29H,2-4,10-13,15-17H2,1H3,(H,30,31). The Bertz CT molecular complexity index is 888. The van der Waals surface area contributed by atoms with Gasteiger partial charge in [0, 0.05) is 35.7 Å². The number of carbonyl (C=O) groups excluding carboxylic acids is 1. The molecule has 31 heavy (non-hydrogen) atoms. The van der Waals surface area contributed by atoms with Crippen LogP contribution >= 0.6 is 0 Å². The molecule has 4 nitrogen and oxygen atoms in total. The number of benzene rings is 1. The maximum atomic E-state index is 13.7. The number of rotatable bonds is 8. The average molecular weight is 418 g/mol. The third-order valence-electron chi connectivity index (χ3n) is 7.77. The first-order valence-electron chi connectivity index (χ1n) is 12.2. The second-order valence-electron chi connectivity index (χ2n) is 10.3. The summed E-state index contributed by atoms with van der Waals surface area (Å²) in [6.07, 6.45) is 14.8. The Hall–Kier alpha value is -2.36. The van der Waals surface area contributed by atoms with E-state index in [9.17, 15) is 4.79 Å². The maximum absolute atomic E-state index is 13.7. The van der Waals surface area contributed by atoms with Gasteiger partial charge in [0.2, 0.25) is 0 Å². The molecule has 1 amide bonds. The van der Waals surface area contributed by atoms with Gasteiger partial charge in [-0.3, -0.25) is 9.78 Å². The first-order valence-corrected chi connectivity index (χ1v) is 12.2. The third kappa shape index (κ3) is 4.35. The Labute approximate surface area is 186 Å². The predicted molar refractivity (Wildman–Crippen MR) is 126 cm³/mol.